The molecule has 35 heavy (non-hydrogen) atoms. The number of nitro groups is 1. The number of nitrogens with zero attached hydrogens (tertiary/aromatic N) is 5. The van der Waals surface area contributed by atoms with Crippen molar-refractivity contribution in [3.8, 4) is 5.75 Å². The fourth-order valence-electron chi connectivity index (χ4n) is 3.16. The van der Waals surface area contributed by atoms with Gasteiger partial charge in [0.25, 0.3) is 5.91 Å². The minimum absolute atomic E-state index is 0.0572. The molecule has 0 aliphatic carbocycles. The van der Waals surface area contributed by atoms with Gasteiger partial charge >= 0.3 is 11.9 Å². The number of anilines is 1. The Labute approximate surface area is 195 Å². The number of halogens is 3. The molecule has 0 radical (unpaired) electrons. The van der Waals surface area contributed by atoms with Crippen molar-refractivity contribution in [3.05, 3.63) is 100 Å². The van der Waals surface area contributed by atoms with Crippen LogP contribution in [0.25, 0.3) is 0 Å². The molecule has 0 aliphatic rings. The van der Waals surface area contributed by atoms with Crippen LogP contribution in [0, 0.1) is 10.1 Å². The van der Waals surface area contributed by atoms with Crippen LogP contribution in [0.4, 0.5) is 24.5 Å². The molecule has 2 aromatic carbocycles. The quantitative estimate of drug-likeness (QED) is 0.292. The summed E-state index contributed by atoms with van der Waals surface area (Å²) >= 11 is 0. The molecule has 13 heteroatoms. The van der Waals surface area contributed by atoms with Gasteiger partial charge in [0.1, 0.15) is 0 Å². The first-order valence-corrected chi connectivity index (χ1v) is 10.1. The number of hydrogen-bond acceptors (Lipinski definition) is 6. The third-order valence-electron chi connectivity index (χ3n) is 4.78. The third-order valence-corrected chi connectivity index (χ3v) is 4.78. The molecule has 1 amide bonds. The summed E-state index contributed by atoms with van der Waals surface area (Å²) in [5.41, 5.74) is -0.162. The summed E-state index contributed by atoms with van der Waals surface area (Å²) in [6.45, 7) is -0.0789. The minimum atomic E-state index is -4.44. The highest BCUT2D eigenvalue weighted by Gasteiger charge is 2.30. The zero-order chi connectivity index (χ0) is 25.0. The molecule has 0 fully saturated rings. The van der Waals surface area contributed by atoms with Crippen LogP contribution >= 0.6 is 0 Å². The summed E-state index contributed by atoms with van der Waals surface area (Å²) in [6, 6.07) is 12.2. The Kier molecular flexibility index (Phi) is 6.48. The number of carbonyl (C=O) groups is 1. The summed E-state index contributed by atoms with van der Waals surface area (Å²) in [6.07, 6.45) is -0.128. The van der Waals surface area contributed by atoms with Gasteiger partial charge < -0.3 is 10.1 Å². The molecule has 2 aromatic heterocycles. The Morgan fingerprint density at radius 1 is 1.11 bits per heavy atom. The van der Waals surface area contributed by atoms with Crippen LogP contribution < -0.4 is 10.1 Å². The van der Waals surface area contributed by atoms with Crippen molar-refractivity contribution in [3.63, 3.8) is 0 Å². The standard InChI is InChI=1S/C22H17F3N6O4/c23-22(24,25)16-5-3-4-15(10-16)12-30-13-17(11-26-30)27-21(32)18-8-9-29(28-18)14-35-20-7-2-1-6-19(20)31(33)34/h1-11,13H,12,14H2,(H,27,32). The van der Waals surface area contributed by atoms with Gasteiger partial charge in [-0.3, -0.25) is 19.6 Å². The number of aromatic nitrogens is 4. The normalized spacial score (nSPS) is 11.3. The zero-order valence-electron chi connectivity index (χ0n) is 17.8. The lowest BCUT2D eigenvalue weighted by Gasteiger charge is -2.08. The van der Waals surface area contributed by atoms with Crippen LogP contribution in [0.2, 0.25) is 0 Å². The van der Waals surface area contributed by atoms with E-state index in [1.54, 1.807) is 12.1 Å². The molecule has 0 saturated heterocycles. The smallest absolute Gasteiger partial charge is 0.416 e. The highest BCUT2D eigenvalue weighted by Crippen LogP contribution is 2.29. The molecule has 0 saturated carbocycles. The van der Waals surface area contributed by atoms with E-state index in [1.165, 1.54) is 58.3 Å². The van der Waals surface area contributed by atoms with Gasteiger partial charge in [0, 0.05) is 18.5 Å². The maximum atomic E-state index is 12.9. The molecule has 0 spiro atoms. The second-order valence-corrected chi connectivity index (χ2v) is 7.32. The minimum Gasteiger partial charge on any atom is -0.464 e. The molecule has 0 aliphatic heterocycles. The maximum absolute atomic E-state index is 12.9. The number of ether oxygens (including phenoxy) is 1. The number of rotatable bonds is 8. The summed E-state index contributed by atoms with van der Waals surface area (Å²) in [7, 11) is 0. The second kappa shape index (κ2) is 9.67. The van der Waals surface area contributed by atoms with Gasteiger partial charge in [-0.05, 0) is 29.8 Å². The van der Waals surface area contributed by atoms with Crippen LogP contribution in [0.1, 0.15) is 21.6 Å². The SMILES string of the molecule is O=C(Nc1cnn(Cc2cccc(C(F)(F)F)c2)c1)c1ccn(COc2ccccc2[N+](=O)[O-])n1. The number of carbonyl (C=O) groups excluding carboxylic acids is 1. The number of alkyl halides is 3. The topological polar surface area (TPSA) is 117 Å². The predicted molar refractivity (Wildman–Crippen MR) is 117 cm³/mol. The Bertz CT molecular complexity index is 1360. The lowest BCUT2D eigenvalue weighted by atomic mass is 10.1. The number of benzene rings is 2. The molecule has 4 aromatic rings. The van der Waals surface area contributed by atoms with E-state index >= 15 is 0 Å². The van der Waals surface area contributed by atoms with Crippen molar-refractivity contribution in [2.75, 3.05) is 5.32 Å². The predicted octanol–water partition coefficient (Wildman–Crippen LogP) is 4.34. The number of nitrogens with one attached hydrogen (secondary N) is 1. The van der Waals surface area contributed by atoms with Crippen molar-refractivity contribution in [1.29, 1.82) is 0 Å². The first kappa shape index (κ1) is 23.5. The summed E-state index contributed by atoms with van der Waals surface area (Å²) < 4.78 is 46.8. The van der Waals surface area contributed by atoms with Crippen molar-refractivity contribution in [2.24, 2.45) is 0 Å². The van der Waals surface area contributed by atoms with Crippen molar-refractivity contribution in [2.45, 2.75) is 19.5 Å². The van der Waals surface area contributed by atoms with Gasteiger partial charge in [-0.2, -0.15) is 23.4 Å². The monoisotopic (exact) mass is 486 g/mol. The number of nitro benzene ring substituents is 1. The van der Waals surface area contributed by atoms with E-state index in [2.05, 4.69) is 15.5 Å². The first-order chi connectivity index (χ1) is 16.7. The Morgan fingerprint density at radius 3 is 2.69 bits per heavy atom. The van der Waals surface area contributed by atoms with Gasteiger partial charge in [0.05, 0.1) is 28.9 Å². The molecular formula is C22H17F3N6O4. The molecule has 10 nitrogen and oxygen atoms in total. The summed E-state index contributed by atoms with van der Waals surface area (Å²) in [4.78, 5) is 23.0. The van der Waals surface area contributed by atoms with E-state index in [0.29, 0.717) is 11.3 Å². The lowest BCUT2D eigenvalue weighted by Crippen LogP contribution is -2.14. The Balaban J connectivity index is 1.35. The summed E-state index contributed by atoms with van der Waals surface area (Å²) in [5, 5.41) is 21.8. The largest absolute Gasteiger partial charge is 0.464 e. The molecular weight excluding hydrogens is 469 g/mol. The van der Waals surface area contributed by atoms with Crippen LogP contribution in [0.5, 0.6) is 5.75 Å². The van der Waals surface area contributed by atoms with E-state index in [0.717, 1.165) is 12.1 Å². The highest BCUT2D eigenvalue weighted by molar-refractivity contribution is 6.02. The van der Waals surface area contributed by atoms with Gasteiger partial charge in [-0.15, -0.1) is 0 Å². The van der Waals surface area contributed by atoms with Crippen LogP contribution in [0.3, 0.4) is 0 Å². The maximum Gasteiger partial charge on any atom is 0.416 e. The van der Waals surface area contributed by atoms with Crippen molar-refractivity contribution < 1.29 is 27.6 Å². The fourth-order valence-corrected chi connectivity index (χ4v) is 3.16. The highest BCUT2D eigenvalue weighted by atomic mass is 19.4. The van der Waals surface area contributed by atoms with Crippen LogP contribution in [-0.4, -0.2) is 30.4 Å². The first-order valence-electron chi connectivity index (χ1n) is 10.1. The molecule has 2 heterocycles. The third kappa shape index (κ3) is 5.82. The van der Waals surface area contributed by atoms with E-state index in [9.17, 15) is 28.1 Å². The van der Waals surface area contributed by atoms with Gasteiger partial charge in [-0.25, -0.2) is 4.68 Å². The number of para-hydroxylation sites is 2. The molecule has 1 N–H and O–H groups in total. The molecule has 4 rings (SSSR count). The number of hydrogen-bond donors (Lipinski definition) is 1. The molecule has 0 bridgehead atoms. The summed E-state index contributed by atoms with van der Waals surface area (Å²) in [5.74, 6) is -0.486. The zero-order valence-corrected chi connectivity index (χ0v) is 17.8. The van der Waals surface area contributed by atoms with Gasteiger partial charge in [-0.1, -0.05) is 24.3 Å². The Morgan fingerprint density at radius 2 is 1.91 bits per heavy atom. The van der Waals surface area contributed by atoms with Gasteiger partial charge in [0.15, 0.2) is 18.2 Å². The van der Waals surface area contributed by atoms with E-state index in [-0.39, 0.29) is 30.4 Å². The van der Waals surface area contributed by atoms with Crippen molar-refractivity contribution >= 4 is 17.3 Å². The van der Waals surface area contributed by atoms with E-state index in [4.69, 9.17) is 4.74 Å². The van der Waals surface area contributed by atoms with Crippen molar-refractivity contribution in [1.82, 2.24) is 19.6 Å². The molecule has 0 unspecified atom stereocenters. The lowest BCUT2D eigenvalue weighted by molar-refractivity contribution is -0.386. The van der Waals surface area contributed by atoms with E-state index in [1.807, 2.05) is 0 Å². The molecule has 0 atom stereocenters. The molecule has 180 valence electrons. The second-order valence-electron chi connectivity index (χ2n) is 7.32. The van der Waals surface area contributed by atoms with E-state index < -0.39 is 22.6 Å². The fraction of sp³-hybridized carbons (Fsp3) is 0.136. The van der Waals surface area contributed by atoms with Crippen LogP contribution in [0.15, 0.2) is 73.2 Å². The number of amides is 1. The van der Waals surface area contributed by atoms with Gasteiger partial charge in [0.2, 0.25) is 0 Å². The van der Waals surface area contributed by atoms with Crippen LogP contribution in [-0.2, 0) is 19.5 Å². The Hall–Kier alpha value is -4.68. The average Bonchev–Trinajstić information content (AvgIpc) is 3.47. The average molecular weight is 486 g/mol.